The minimum atomic E-state index is -1.37. The standard InChI is InChI=1S/C30H27FN6O4S/c1-29(37-15-33-35-36-37)14-41-28-21(29)13-25(34-26(28)17-3-7-20(31)8-4-17)30(39,19-5-6-19)10-9-22(38)18-11-23(40-2)27-24(12-18)42-16-32-27/h3-4,7-8,11-13,15-16,19,39H,5-6,9-10,14H2,1-2H3/t29-,30+/m0/s1. The van der Waals surface area contributed by atoms with Crippen LogP contribution < -0.4 is 9.47 Å². The average molecular weight is 587 g/mol. The predicted molar refractivity (Wildman–Crippen MR) is 152 cm³/mol. The Morgan fingerprint density at radius 1 is 1.26 bits per heavy atom. The van der Waals surface area contributed by atoms with Crippen LogP contribution in [0.3, 0.4) is 0 Å². The molecule has 2 atom stereocenters. The van der Waals surface area contributed by atoms with Gasteiger partial charge < -0.3 is 14.6 Å². The number of ketones is 1. The maximum Gasteiger partial charge on any atom is 0.163 e. The SMILES string of the molecule is COc1cc(C(=O)CC[C@](O)(c2cc3c(c(-c4ccc(F)cc4)n2)OC[C@]3(C)n2cnnn2)C2CC2)cc2scnc12. The molecule has 1 aliphatic heterocycles. The van der Waals surface area contributed by atoms with Crippen LogP contribution in [0.4, 0.5) is 4.39 Å². The van der Waals surface area contributed by atoms with Gasteiger partial charge in [-0.25, -0.2) is 19.0 Å². The van der Waals surface area contributed by atoms with E-state index < -0.39 is 11.1 Å². The zero-order valence-corrected chi connectivity index (χ0v) is 23.8. The molecular formula is C30H27FN6O4S. The lowest BCUT2D eigenvalue weighted by atomic mass is 9.83. The zero-order valence-electron chi connectivity index (χ0n) is 23.0. The van der Waals surface area contributed by atoms with Gasteiger partial charge in [0.15, 0.2) is 11.5 Å². The summed E-state index contributed by atoms with van der Waals surface area (Å²) in [6.45, 7) is 2.20. The first-order valence-electron chi connectivity index (χ1n) is 13.6. The van der Waals surface area contributed by atoms with Crippen molar-refractivity contribution in [2.75, 3.05) is 13.7 Å². The molecule has 0 bridgehead atoms. The number of methoxy groups -OCH3 is 1. The summed E-state index contributed by atoms with van der Waals surface area (Å²) in [6, 6.07) is 11.4. The van der Waals surface area contributed by atoms with E-state index in [-0.39, 0.29) is 37.0 Å². The van der Waals surface area contributed by atoms with Crippen LogP contribution in [0.15, 0.2) is 54.3 Å². The van der Waals surface area contributed by atoms with Crippen molar-refractivity contribution >= 4 is 27.3 Å². The predicted octanol–water partition coefficient (Wildman–Crippen LogP) is 4.91. The summed E-state index contributed by atoms with van der Waals surface area (Å²) in [4.78, 5) is 22.8. The Morgan fingerprint density at radius 2 is 2.07 bits per heavy atom. The lowest BCUT2D eigenvalue weighted by Crippen LogP contribution is -2.35. The highest BCUT2D eigenvalue weighted by Crippen LogP contribution is 2.52. The van der Waals surface area contributed by atoms with Gasteiger partial charge in [-0.2, -0.15) is 0 Å². The van der Waals surface area contributed by atoms with E-state index in [0.29, 0.717) is 34.0 Å². The molecule has 0 spiro atoms. The van der Waals surface area contributed by atoms with Crippen molar-refractivity contribution in [3.8, 4) is 22.8 Å². The summed E-state index contributed by atoms with van der Waals surface area (Å²) in [5.41, 5.74) is 3.14. The van der Waals surface area contributed by atoms with Crippen molar-refractivity contribution in [1.82, 2.24) is 30.2 Å². The number of pyridine rings is 1. The van der Waals surface area contributed by atoms with Gasteiger partial charge in [0.2, 0.25) is 0 Å². The minimum Gasteiger partial charge on any atom is -0.494 e. The molecule has 2 aliphatic rings. The second-order valence-electron chi connectivity index (χ2n) is 11.1. The second-order valence-corrected chi connectivity index (χ2v) is 11.9. The van der Waals surface area contributed by atoms with Crippen LogP contribution in [0.25, 0.3) is 21.5 Å². The number of rotatable bonds is 9. The van der Waals surface area contributed by atoms with Crippen molar-refractivity contribution in [2.24, 2.45) is 5.92 Å². The molecule has 214 valence electrons. The summed E-state index contributed by atoms with van der Waals surface area (Å²) >= 11 is 1.44. The Balaban J connectivity index is 1.29. The Hall–Kier alpha value is -4.29. The van der Waals surface area contributed by atoms with Crippen molar-refractivity contribution in [3.05, 3.63) is 76.9 Å². The Bertz CT molecular complexity index is 1810. The molecule has 1 fully saturated rings. The largest absolute Gasteiger partial charge is 0.494 e. The number of aliphatic hydroxyl groups is 1. The number of aromatic nitrogens is 6. The van der Waals surface area contributed by atoms with Gasteiger partial charge in [0.05, 0.1) is 23.0 Å². The van der Waals surface area contributed by atoms with Crippen LogP contribution >= 0.6 is 11.3 Å². The summed E-state index contributed by atoms with van der Waals surface area (Å²) in [7, 11) is 1.55. The number of carbonyl (C=O) groups excluding carboxylic acids is 1. The molecule has 42 heavy (non-hydrogen) atoms. The number of carbonyl (C=O) groups is 1. The molecule has 7 rings (SSSR count). The third-order valence-electron chi connectivity index (χ3n) is 8.40. The number of benzene rings is 2. The molecule has 0 saturated heterocycles. The molecule has 1 aliphatic carbocycles. The smallest absolute Gasteiger partial charge is 0.163 e. The van der Waals surface area contributed by atoms with Crippen molar-refractivity contribution in [2.45, 2.75) is 43.7 Å². The number of halogens is 1. The first-order chi connectivity index (χ1) is 20.3. The van der Waals surface area contributed by atoms with E-state index in [2.05, 4.69) is 20.5 Å². The third kappa shape index (κ3) is 4.33. The van der Waals surface area contributed by atoms with E-state index >= 15 is 0 Å². The number of thiazole rings is 1. The molecule has 3 aromatic heterocycles. The quantitative estimate of drug-likeness (QED) is 0.240. The minimum absolute atomic E-state index is 0.0583. The van der Waals surface area contributed by atoms with Crippen LogP contribution in [0.5, 0.6) is 11.5 Å². The van der Waals surface area contributed by atoms with Crippen molar-refractivity contribution in [3.63, 3.8) is 0 Å². The lowest BCUT2D eigenvalue weighted by molar-refractivity contribution is -0.00118. The molecule has 2 aromatic carbocycles. The number of ether oxygens (including phenoxy) is 2. The molecule has 1 N–H and O–H groups in total. The molecule has 0 radical (unpaired) electrons. The molecule has 4 heterocycles. The fraction of sp³-hybridized carbons (Fsp3) is 0.333. The molecule has 12 heteroatoms. The maximum atomic E-state index is 13.8. The number of tetrazole rings is 1. The molecule has 1 saturated carbocycles. The van der Waals surface area contributed by atoms with E-state index in [1.165, 1.54) is 29.8 Å². The van der Waals surface area contributed by atoms with Gasteiger partial charge in [-0.3, -0.25) is 4.79 Å². The summed E-state index contributed by atoms with van der Waals surface area (Å²) in [6.07, 6.45) is 3.44. The van der Waals surface area contributed by atoms with Crippen molar-refractivity contribution in [1.29, 1.82) is 0 Å². The van der Waals surface area contributed by atoms with Crippen molar-refractivity contribution < 1.29 is 23.8 Å². The molecular weight excluding hydrogens is 559 g/mol. The number of Topliss-reactive ketones (excluding diaryl/α,β-unsaturated/α-hetero) is 1. The zero-order chi connectivity index (χ0) is 29.1. The highest BCUT2D eigenvalue weighted by molar-refractivity contribution is 7.16. The highest BCUT2D eigenvalue weighted by atomic mass is 32.1. The van der Waals surface area contributed by atoms with Crippen LogP contribution in [-0.2, 0) is 11.1 Å². The monoisotopic (exact) mass is 586 g/mol. The molecule has 0 amide bonds. The Kier molecular flexibility index (Phi) is 6.28. The van der Waals surface area contributed by atoms with Gasteiger partial charge in [-0.1, -0.05) is 0 Å². The van der Waals surface area contributed by atoms with E-state index in [9.17, 15) is 14.3 Å². The number of hydrogen-bond donors (Lipinski definition) is 1. The van der Waals surface area contributed by atoms with E-state index in [4.69, 9.17) is 14.5 Å². The molecule has 5 aromatic rings. The Morgan fingerprint density at radius 3 is 2.79 bits per heavy atom. The highest BCUT2D eigenvalue weighted by Gasteiger charge is 2.49. The normalized spacial score (nSPS) is 19.3. The summed E-state index contributed by atoms with van der Waals surface area (Å²) < 4.78 is 28.0. The third-order valence-corrected chi connectivity index (χ3v) is 9.17. The maximum absolute atomic E-state index is 13.8. The number of fused-ring (bicyclic) bond motifs is 2. The molecule has 0 unspecified atom stereocenters. The summed E-state index contributed by atoms with van der Waals surface area (Å²) in [5.74, 6) is 0.539. The van der Waals surface area contributed by atoms with E-state index in [0.717, 1.165) is 28.6 Å². The lowest BCUT2D eigenvalue weighted by Gasteiger charge is -2.30. The second kappa shape index (κ2) is 9.92. The average Bonchev–Trinajstić information content (AvgIpc) is 3.37. The first kappa shape index (κ1) is 26.6. The van der Waals surface area contributed by atoms with Gasteiger partial charge in [-0.05, 0) is 85.0 Å². The van der Waals surface area contributed by atoms with E-state index in [1.807, 2.05) is 19.1 Å². The van der Waals surface area contributed by atoms with Crippen LogP contribution in [-0.4, -0.2) is 54.8 Å². The fourth-order valence-corrected chi connectivity index (χ4v) is 6.51. The fourth-order valence-electron chi connectivity index (χ4n) is 5.77. The topological polar surface area (TPSA) is 125 Å². The molecule has 10 nitrogen and oxygen atoms in total. The van der Waals surface area contributed by atoms with Gasteiger partial charge in [0.25, 0.3) is 0 Å². The van der Waals surface area contributed by atoms with Crippen LogP contribution in [0.2, 0.25) is 0 Å². The van der Waals surface area contributed by atoms with Crippen LogP contribution in [0, 0.1) is 11.7 Å². The summed E-state index contributed by atoms with van der Waals surface area (Å²) in [5, 5.41) is 24.1. The van der Waals surface area contributed by atoms with Gasteiger partial charge in [0, 0.05) is 23.1 Å². The number of nitrogens with zero attached hydrogens (tertiary/aromatic N) is 6. The number of hydrogen-bond acceptors (Lipinski definition) is 10. The van der Waals surface area contributed by atoms with E-state index in [1.54, 1.807) is 35.5 Å². The van der Waals surface area contributed by atoms with Gasteiger partial charge in [0.1, 0.15) is 46.9 Å². The van der Waals surface area contributed by atoms with Crippen LogP contribution in [0.1, 0.15) is 54.2 Å². The first-order valence-corrected chi connectivity index (χ1v) is 14.5. The van der Waals surface area contributed by atoms with Gasteiger partial charge >= 0.3 is 0 Å². The van der Waals surface area contributed by atoms with Gasteiger partial charge in [-0.15, -0.1) is 16.4 Å². The Labute approximate surface area is 244 Å².